The summed E-state index contributed by atoms with van der Waals surface area (Å²) in [7, 11) is 0. The van der Waals surface area contributed by atoms with Crippen molar-refractivity contribution in [2.75, 3.05) is 17.2 Å². The Morgan fingerprint density at radius 3 is 2.59 bits per heavy atom. The van der Waals surface area contributed by atoms with E-state index in [9.17, 15) is 0 Å². The highest BCUT2D eigenvalue weighted by molar-refractivity contribution is 5.44. The highest BCUT2D eigenvalue weighted by Gasteiger charge is 2.02. The quantitative estimate of drug-likeness (QED) is 0.820. The standard InChI is InChI=1S/C11H15N5O/c1-3-12-9-5-4-6-10(15-9)13-7-11-14-8(2)17-16-11/h4-6H,3,7H2,1-2H3,(H2,12,13,15). The summed E-state index contributed by atoms with van der Waals surface area (Å²) in [6, 6.07) is 5.76. The minimum atomic E-state index is 0.500. The molecule has 0 radical (unpaired) electrons. The van der Waals surface area contributed by atoms with Gasteiger partial charge in [-0.2, -0.15) is 4.98 Å². The topological polar surface area (TPSA) is 75.9 Å². The van der Waals surface area contributed by atoms with Crippen LogP contribution in [0.4, 0.5) is 11.6 Å². The molecule has 2 aromatic rings. The SMILES string of the molecule is CCNc1cccc(NCc2noc(C)n2)n1. The zero-order valence-corrected chi connectivity index (χ0v) is 9.90. The molecule has 0 spiro atoms. The number of hydrogen-bond acceptors (Lipinski definition) is 6. The van der Waals surface area contributed by atoms with Gasteiger partial charge in [0, 0.05) is 13.5 Å². The van der Waals surface area contributed by atoms with Crippen LogP contribution < -0.4 is 10.6 Å². The lowest BCUT2D eigenvalue weighted by atomic mass is 10.4. The fourth-order valence-electron chi connectivity index (χ4n) is 1.40. The van der Waals surface area contributed by atoms with E-state index >= 15 is 0 Å². The van der Waals surface area contributed by atoms with E-state index in [0.29, 0.717) is 18.3 Å². The van der Waals surface area contributed by atoms with Crippen LogP contribution in [0.2, 0.25) is 0 Å². The lowest BCUT2D eigenvalue weighted by molar-refractivity contribution is 0.388. The van der Waals surface area contributed by atoms with Gasteiger partial charge in [0.2, 0.25) is 5.89 Å². The fraction of sp³-hybridized carbons (Fsp3) is 0.364. The van der Waals surface area contributed by atoms with Gasteiger partial charge in [0.15, 0.2) is 5.82 Å². The first-order valence-corrected chi connectivity index (χ1v) is 5.52. The Balaban J connectivity index is 1.96. The van der Waals surface area contributed by atoms with Crippen molar-refractivity contribution in [3.63, 3.8) is 0 Å². The van der Waals surface area contributed by atoms with E-state index in [4.69, 9.17) is 4.52 Å². The third-order valence-electron chi connectivity index (χ3n) is 2.10. The second-order valence-electron chi connectivity index (χ2n) is 3.52. The lowest BCUT2D eigenvalue weighted by Crippen LogP contribution is -2.05. The monoisotopic (exact) mass is 233 g/mol. The van der Waals surface area contributed by atoms with Crippen LogP contribution in [-0.4, -0.2) is 21.7 Å². The first-order valence-electron chi connectivity index (χ1n) is 5.52. The lowest BCUT2D eigenvalue weighted by Gasteiger charge is -2.06. The molecule has 90 valence electrons. The molecule has 2 rings (SSSR count). The van der Waals surface area contributed by atoms with Crippen molar-refractivity contribution in [2.24, 2.45) is 0 Å². The van der Waals surface area contributed by atoms with E-state index in [0.717, 1.165) is 18.2 Å². The molecule has 0 atom stereocenters. The number of nitrogens with zero attached hydrogens (tertiary/aromatic N) is 3. The van der Waals surface area contributed by atoms with E-state index in [1.54, 1.807) is 6.92 Å². The molecule has 0 aliphatic carbocycles. The van der Waals surface area contributed by atoms with Crippen molar-refractivity contribution in [1.82, 2.24) is 15.1 Å². The first kappa shape index (κ1) is 11.4. The van der Waals surface area contributed by atoms with E-state index in [1.807, 2.05) is 25.1 Å². The summed E-state index contributed by atoms with van der Waals surface area (Å²) in [5.41, 5.74) is 0. The van der Waals surface area contributed by atoms with Gasteiger partial charge >= 0.3 is 0 Å². The third-order valence-corrected chi connectivity index (χ3v) is 2.10. The first-order chi connectivity index (χ1) is 8.28. The van der Waals surface area contributed by atoms with Gasteiger partial charge in [0.05, 0.1) is 6.54 Å². The van der Waals surface area contributed by atoms with Crippen molar-refractivity contribution in [2.45, 2.75) is 20.4 Å². The minimum absolute atomic E-state index is 0.500. The molecular formula is C11H15N5O. The Bertz CT molecular complexity index is 482. The molecule has 0 saturated heterocycles. The molecule has 2 heterocycles. The zero-order valence-electron chi connectivity index (χ0n) is 9.90. The summed E-state index contributed by atoms with van der Waals surface area (Å²) >= 11 is 0. The Kier molecular flexibility index (Phi) is 3.54. The van der Waals surface area contributed by atoms with Gasteiger partial charge in [-0.3, -0.25) is 0 Å². The maximum absolute atomic E-state index is 4.88. The van der Waals surface area contributed by atoms with E-state index in [-0.39, 0.29) is 0 Å². The number of aryl methyl sites for hydroxylation is 1. The molecule has 0 aliphatic heterocycles. The average molecular weight is 233 g/mol. The Morgan fingerprint density at radius 2 is 1.94 bits per heavy atom. The number of anilines is 2. The molecule has 0 aliphatic rings. The Labute approximate surface area is 99.5 Å². The molecule has 0 bridgehead atoms. The molecule has 6 nitrogen and oxygen atoms in total. The van der Waals surface area contributed by atoms with Gasteiger partial charge < -0.3 is 15.2 Å². The van der Waals surface area contributed by atoms with Crippen LogP contribution in [0.1, 0.15) is 18.6 Å². The molecule has 6 heteroatoms. The predicted octanol–water partition coefficient (Wildman–Crippen LogP) is 1.82. The third kappa shape index (κ3) is 3.17. The van der Waals surface area contributed by atoms with Gasteiger partial charge in [-0.15, -0.1) is 0 Å². The molecule has 2 aromatic heterocycles. The fourth-order valence-corrected chi connectivity index (χ4v) is 1.40. The number of pyridine rings is 1. The van der Waals surface area contributed by atoms with Crippen molar-refractivity contribution in [1.29, 1.82) is 0 Å². The Morgan fingerprint density at radius 1 is 1.18 bits per heavy atom. The largest absolute Gasteiger partial charge is 0.370 e. The van der Waals surface area contributed by atoms with Gasteiger partial charge in [0.25, 0.3) is 0 Å². The van der Waals surface area contributed by atoms with Crippen molar-refractivity contribution in [3.8, 4) is 0 Å². The van der Waals surface area contributed by atoms with Crippen LogP contribution >= 0.6 is 0 Å². The second-order valence-corrected chi connectivity index (χ2v) is 3.52. The Hall–Kier alpha value is -2.11. The molecule has 17 heavy (non-hydrogen) atoms. The number of aromatic nitrogens is 3. The van der Waals surface area contributed by atoms with Crippen molar-refractivity contribution < 1.29 is 4.52 Å². The van der Waals surface area contributed by atoms with E-state index in [2.05, 4.69) is 25.8 Å². The van der Waals surface area contributed by atoms with Crippen LogP contribution in [0.15, 0.2) is 22.7 Å². The van der Waals surface area contributed by atoms with Crippen LogP contribution in [0.25, 0.3) is 0 Å². The average Bonchev–Trinajstić information content (AvgIpc) is 2.74. The highest BCUT2D eigenvalue weighted by atomic mass is 16.5. The highest BCUT2D eigenvalue weighted by Crippen LogP contribution is 2.09. The van der Waals surface area contributed by atoms with Crippen molar-refractivity contribution >= 4 is 11.6 Å². The van der Waals surface area contributed by atoms with Gasteiger partial charge in [-0.25, -0.2) is 4.98 Å². The number of rotatable bonds is 5. The summed E-state index contributed by atoms with van der Waals surface area (Å²) in [6.45, 7) is 5.14. The number of hydrogen-bond donors (Lipinski definition) is 2. The minimum Gasteiger partial charge on any atom is -0.370 e. The second kappa shape index (κ2) is 5.29. The van der Waals surface area contributed by atoms with E-state index < -0.39 is 0 Å². The summed E-state index contributed by atoms with van der Waals surface area (Å²) in [5.74, 6) is 2.82. The summed E-state index contributed by atoms with van der Waals surface area (Å²) < 4.78 is 4.88. The molecule has 0 unspecified atom stereocenters. The molecule has 0 amide bonds. The van der Waals surface area contributed by atoms with E-state index in [1.165, 1.54) is 0 Å². The van der Waals surface area contributed by atoms with Crippen LogP contribution in [0.5, 0.6) is 0 Å². The predicted molar refractivity (Wildman–Crippen MR) is 64.8 cm³/mol. The normalized spacial score (nSPS) is 10.2. The van der Waals surface area contributed by atoms with Crippen LogP contribution in [0, 0.1) is 6.92 Å². The molecule has 0 saturated carbocycles. The number of nitrogens with one attached hydrogen (secondary N) is 2. The molecule has 0 fully saturated rings. The summed E-state index contributed by atoms with van der Waals surface area (Å²) in [6.07, 6.45) is 0. The molecule has 2 N–H and O–H groups in total. The molecular weight excluding hydrogens is 218 g/mol. The summed E-state index contributed by atoms with van der Waals surface area (Å²) in [4.78, 5) is 8.48. The van der Waals surface area contributed by atoms with Crippen LogP contribution in [-0.2, 0) is 6.54 Å². The molecule has 0 aromatic carbocycles. The van der Waals surface area contributed by atoms with Gasteiger partial charge in [-0.05, 0) is 19.1 Å². The zero-order chi connectivity index (χ0) is 12.1. The smallest absolute Gasteiger partial charge is 0.223 e. The van der Waals surface area contributed by atoms with Crippen LogP contribution in [0.3, 0.4) is 0 Å². The van der Waals surface area contributed by atoms with Gasteiger partial charge in [-0.1, -0.05) is 11.2 Å². The van der Waals surface area contributed by atoms with Gasteiger partial charge in [0.1, 0.15) is 11.6 Å². The maximum atomic E-state index is 4.88. The maximum Gasteiger partial charge on any atom is 0.223 e. The summed E-state index contributed by atoms with van der Waals surface area (Å²) in [5, 5.41) is 10.1. The van der Waals surface area contributed by atoms with Crippen molar-refractivity contribution in [3.05, 3.63) is 29.9 Å².